The SMILES string of the molecule is CCCCCS(=O)(=O)ON=C(c1ccc(OCCCOc2ccc(C(=NOC(=O)CCC)C(F)(F)F)cc2)cc1)C(F)(F)F. The second-order valence-electron chi connectivity index (χ2n) is 9.23. The third-order valence-corrected chi connectivity index (χ3v) is 6.64. The maximum absolute atomic E-state index is 13.5. The number of unbranched alkanes of at least 4 members (excludes halogenated alkanes) is 2. The molecule has 9 nitrogen and oxygen atoms in total. The Bertz CT molecular complexity index is 1360. The Morgan fingerprint density at radius 3 is 1.61 bits per heavy atom. The summed E-state index contributed by atoms with van der Waals surface area (Å²) in [5.74, 6) is -0.881. The molecule has 0 saturated heterocycles. The Kier molecular flexibility index (Phi) is 13.9. The van der Waals surface area contributed by atoms with E-state index in [0.717, 1.165) is 24.3 Å². The molecular formula is C28H32F6N2O7S. The van der Waals surface area contributed by atoms with Gasteiger partial charge in [0.25, 0.3) is 0 Å². The molecule has 44 heavy (non-hydrogen) atoms. The number of oxime groups is 2. The molecule has 0 N–H and O–H groups in total. The molecule has 244 valence electrons. The number of benzene rings is 2. The van der Waals surface area contributed by atoms with Gasteiger partial charge in [-0.3, -0.25) is 4.28 Å². The van der Waals surface area contributed by atoms with E-state index in [1.54, 1.807) is 6.92 Å². The summed E-state index contributed by atoms with van der Waals surface area (Å²) in [6.45, 7) is 3.69. The molecule has 0 heterocycles. The largest absolute Gasteiger partial charge is 0.493 e. The first-order valence-electron chi connectivity index (χ1n) is 13.5. The summed E-state index contributed by atoms with van der Waals surface area (Å²) in [7, 11) is -4.27. The molecule has 0 atom stereocenters. The van der Waals surface area contributed by atoms with Crippen LogP contribution in [0.2, 0.25) is 0 Å². The summed E-state index contributed by atoms with van der Waals surface area (Å²) >= 11 is 0. The monoisotopic (exact) mass is 654 g/mol. The minimum atomic E-state index is -4.99. The summed E-state index contributed by atoms with van der Waals surface area (Å²) in [5, 5.41) is 5.85. The molecule has 0 unspecified atom stereocenters. The van der Waals surface area contributed by atoms with Crippen molar-refractivity contribution in [2.45, 2.75) is 64.7 Å². The number of carbonyl (C=O) groups excluding carboxylic acids is 1. The van der Waals surface area contributed by atoms with Crippen LogP contribution in [0.15, 0.2) is 58.8 Å². The molecule has 0 fully saturated rings. The van der Waals surface area contributed by atoms with E-state index in [0.29, 0.717) is 25.7 Å². The van der Waals surface area contributed by atoms with Gasteiger partial charge in [-0.25, -0.2) is 4.79 Å². The number of halogens is 6. The van der Waals surface area contributed by atoms with Crippen LogP contribution in [-0.4, -0.2) is 57.1 Å². The molecule has 0 amide bonds. The number of ether oxygens (including phenoxy) is 2. The van der Waals surface area contributed by atoms with Crippen LogP contribution in [0.3, 0.4) is 0 Å². The fourth-order valence-corrected chi connectivity index (χ4v) is 4.22. The summed E-state index contributed by atoms with van der Waals surface area (Å²) in [6.07, 6.45) is -7.71. The van der Waals surface area contributed by atoms with Crippen LogP contribution in [0.4, 0.5) is 26.3 Å². The highest BCUT2D eigenvalue weighted by Crippen LogP contribution is 2.26. The van der Waals surface area contributed by atoms with Crippen LogP contribution < -0.4 is 9.47 Å². The fraction of sp³-hybridized carbons (Fsp3) is 0.464. The predicted molar refractivity (Wildman–Crippen MR) is 149 cm³/mol. The zero-order valence-corrected chi connectivity index (χ0v) is 24.7. The summed E-state index contributed by atoms with van der Waals surface area (Å²) < 4.78 is 119. The lowest BCUT2D eigenvalue weighted by molar-refractivity contribution is -0.144. The van der Waals surface area contributed by atoms with E-state index in [-0.39, 0.29) is 43.1 Å². The van der Waals surface area contributed by atoms with Gasteiger partial charge in [-0.1, -0.05) is 37.0 Å². The van der Waals surface area contributed by atoms with Crippen LogP contribution in [0.5, 0.6) is 11.5 Å². The quantitative estimate of drug-likeness (QED) is 0.0597. The van der Waals surface area contributed by atoms with Crippen molar-refractivity contribution < 1.29 is 58.1 Å². The van der Waals surface area contributed by atoms with E-state index in [1.807, 2.05) is 6.92 Å². The summed E-state index contributed by atoms with van der Waals surface area (Å²) in [4.78, 5) is 15.7. The molecule has 0 bridgehead atoms. The van der Waals surface area contributed by atoms with E-state index in [4.69, 9.17) is 9.47 Å². The minimum absolute atomic E-state index is 0.0761. The smallest absolute Gasteiger partial charge is 0.437 e. The molecule has 0 aliphatic heterocycles. The average Bonchev–Trinajstić information content (AvgIpc) is 2.93. The number of nitrogens with zero attached hydrogens (tertiary/aromatic N) is 2. The highest BCUT2D eigenvalue weighted by molar-refractivity contribution is 7.86. The van der Waals surface area contributed by atoms with Crippen LogP contribution in [-0.2, 0) is 24.0 Å². The van der Waals surface area contributed by atoms with Gasteiger partial charge in [-0.2, -0.15) is 34.8 Å². The molecule has 0 saturated carbocycles. The van der Waals surface area contributed by atoms with Gasteiger partial charge in [0.1, 0.15) is 11.5 Å². The Morgan fingerprint density at radius 2 is 1.18 bits per heavy atom. The first kappa shape index (κ1) is 36.4. The predicted octanol–water partition coefficient (Wildman–Crippen LogP) is 6.95. The van der Waals surface area contributed by atoms with Crippen molar-refractivity contribution in [2.75, 3.05) is 19.0 Å². The third-order valence-electron chi connectivity index (χ3n) is 5.55. The van der Waals surface area contributed by atoms with Gasteiger partial charge in [0.2, 0.25) is 0 Å². The maximum Gasteiger partial charge on any atom is 0.437 e. The molecule has 2 rings (SSSR count). The van der Waals surface area contributed by atoms with Crippen LogP contribution in [0, 0.1) is 0 Å². The van der Waals surface area contributed by atoms with E-state index in [9.17, 15) is 39.6 Å². The van der Waals surface area contributed by atoms with Gasteiger partial charge >= 0.3 is 28.4 Å². The van der Waals surface area contributed by atoms with Gasteiger partial charge in [0.15, 0.2) is 11.4 Å². The molecule has 2 aromatic rings. The van der Waals surface area contributed by atoms with Gasteiger partial charge < -0.3 is 14.3 Å². The number of hydrogen-bond donors (Lipinski definition) is 0. The Labute approximate surface area is 250 Å². The second kappa shape index (κ2) is 16.9. The molecule has 0 radical (unpaired) electrons. The van der Waals surface area contributed by atoms with Gasteiger partial charge in [-0.15, -0.1) is 0 Å². The van der Waals surface area contributed by atoms with Crippen molar-refractivity contribution in [1.29, 1.82) is 0 Å². The van der Waals surface area contributed by atoms with Gasteiger partial charge in [0, 0.05) is 24.0 Å². The number of rotatable bonds is 17. The maximum atomic E-state index is 13.5. The lowest BCUT2D eigenvalue weighted by Gasteiger charge is -2.12. The molecule has 0 aromatic heterocycles. The van der Waals surface area contributed by atoms with Crippen molar-refractivity contribution >= 4 is 27.5 Å². The first-order valence-corrected chi connectivity index (χ1v) is 15.1. The number of carbonyl (C=O) groups is 1. The van der Waals surface area contributed by atoms with E-state index in [1.165, 1.54) is 24.3 Å². The van der Waals surface area contributed by atoms with Crippen molar-refractivity contribution in [2.24, 2.45) is 10.3 Å². The van der Waals surface area contributed by atoms with Crippen molar-refractivity contribution in [3.63, 3.8) is 0 Å². The normalized spacial score (nSPS) is 13.0. The molecule has 16 heteroatoms. The first-order chi connectivity index (χ1) is 20.7. The standard InChI is InChI=1S/C28H32F6N2O7S/c1-3-5-6-19-44(38,39)43-36-26(28(32,33)34)21-11-15-23(16-12-21)41-18-7-17-40-22-13-9-20(10-14-22)25(27(29,30)31)35-42-24(37)8-4-2/h9-16H,3-8,17-19H2,1-2H3. The Balaban J connectivity index is 1.90. The summed E-state index contributed by atoms with van der Waals surface area (Å²) in [6, 6.07) is 9.37. The van der Waals surface area contributed by atoms with Gasteiger partial charge in [-0.05, 0) is 61.4 Å². The Morgan fingerprint density at radius 1 is 0.705 bits per heavy atom. The Hall–Kier alpha value is -3.82. The molecule has 2 aromatic carbocycles. The average molecular weight is 655 g/mol. The van der Waals surface area contributed by atoms with Crippen LogP contribution in [0.25, 0.3) is 0 Å². The molecule has 0 aliphatic carbocycles. The highest BCUT2D eigenvalue weighted by atomic mass is 32.2. The fourth-order valence-electron chi connectivity index (χ4n) is 3.40. The van der Waals surface area contributed by atoms with Crippen LogP contribution >= 0.6 is 0 Å². The van der Waals surface area contributed by atoms with Crippen LogP contribution in [0.1, 0.15) is 63.5 Å². The third kappa shape index (κ3) is 12.8. The van der Waals surface area contributed by atoms with E-state index >= 15 is 0 Å². The summed E-state index contributed by atoms with van der Waals surface area (Å²) in [5.41, 5.74) is -3.66. The van der Waals surface area contributed by atoms with Crippen molar-refractivity contribution in [3.05, 3.63) is 59.7 Å². The number of alkyl halides is 6. The zero-order chi connectivity index (χ0) is 32.8. The lowest BCUT2D eigenvalue weighted by atomic mass is 10.1. The van der Waals surface area contributed by atoms with Crippen molar-refractivity contribution in [3.8, 4) is 11.5 Å². The molecular weight excluding hydrogens is 622 g/mol. The topological polar surface area (TPSA) is 113 Å². The van der Waals surface area contributed by atoms with E-state index < -0.39 is 51.2 Å². The number of hydrogen-bond acceptors (Lipinski definition) is 9. The van der Waals surface area contributed by atoms with Crippen molar-refractivity contribution in [1.82, 2.24) is 0 Å². The van der Waals surface area contributed by atoms with Gasteiger partial charge in [0.05, 0.1) is 19.0 Å². The highest BCUT2D eigenvalue weighted by Gasteiger charge is 2.39. The molecule has 0 aliphatic rings. The lowest BCUT2D eigenvalue weighted by Crippen LogP contribution is -2.25. The molecule has 0 spiro atoms. The van der Waals surface area contributed by atoms with E-state index in [2.05, 4.69) is 19.4 Å². The second-order valence-corrected chi connectivity index (χ2v) is 10.9. The minimum Gasteiger partial charge on any atom is -0.493 e. The zero-order valence-electron chi connectivity index (χ0n) is 23.9.